The predicted molar refractivity (Wildman–Crippen MR) is 94.3 cm³/mol. The number of hydrogen-bond donors (Lipinski definition) is 3. The molecule has 4 N–H and O–H groups in total. The minimum Gasteiger partial charge on any atom is -0.390 e. The van der Waals surface area contributed by atoms with E-state index in [1.807, 2.05) is 27.7 Å². The first-order valence-electron chi connectivity index (χ1n) is 7.90. The Labute approximate surface area is 146 Å². The lowest BCUT2D eigenvalue weighted by Crippen LogP contribution is -2.42. The quantitative estimate of drug-likeness (QED) is 0.773. The van der Waals surface area contributed by atoms with E-state index < -0.39 is 22.7 Å². The summed E-state index contributed by atoms with van der Waals surface area (Å²) in [7, 11) is 0. The van der Waals surface area contributed by atoms with E-state index in [9.17, 15) is 14.7 Å². The van der Waals surface area contributed by atoms with Crippen molar-refractivity contribution in [2.24, 2.45) is 5.73 Å². The molecule has 134 valence electrons. The molecule has 0 saturated heterocycles. The number of fused-ring (bicyclic) bond motifs is 1. The van der Waals surface area contributed by atoms with Gasteiger partial charge in [0.05, 0.1) is 28.8 Å². The fourth-order valence-electron chi connectivity index (χ4n) is 3.23. The predicted octanol–water partition coefficient (Wildman–Crippen LogP) is 2.53. The summed E-state index contributed by atoms with van der Waals surface area (Å²) in [6, 6.07) is 0. The van der Waals surface area contributed by atoms with Crippen molar-refractivity contribution in [2.75, 3.05) is 5.32 Å². The van der Waals surface area contributed by atoms with Gasteiger partial charge in [0.1, 0.15) is 5.00 Å². The van der Waals surface area contributed by atoms with Crippen molar-refractivity contribution >= 4 is 28.2 Å². The van der Waals surface area contributed by atoms with Gasteiger partial charge in [0, 0.05) is 11.3 Å². The third-order valence-corrected chi connectivity index (χ3v) is 5.23. The minimum atomic E-state index is -1.13. The SMILES string of the molecule is CC(C)(O)CC(=O)Nc1sc2c(c1C(N)=O)CC(C)(C)OC2(C)C. The number of hydrogen-bond acceptors (Lipinski definition) is 5. The number of primary amides is 1. The third-order valence-electron chi connectivity index (χ3n) is 3.78. The van der Waals surface area contributed by atoms with Crippen molar-refractivity contribution in [3.63, 3.8) is 0 Å². The van der Waals surface area contributed by atoms with Crippen molar-refractivity contribution in [3.8, 4) is 0 Å². The van der Waals surface area contributed by atoms with E-state index in [1.54, 1.807) is 13.8 Å². The maximum atomic E-state index is 12.2. The van der Waals surface area contributed by atoms with Crippen LogP contribution in [0.4, 0.5) is 5.00 Å². The molecule has 1 aliphatic rings. The summed E-state index contributed by atoms with van der Waals surface area (Å²) in [5, 5.41) is 13.0. The Morgan fingerprint density at radius 3 is 2.42 bits per heavy atom. The smallest absolute Gasteiger partial charge is 0.251 e. The van der Waals surface area contributed by atoms with Gasteiger partial charge in [-0.25, -0.2) is 0 Å². The van der Waals surface area contributed by atoms with E-state index in [2.05, 4.69) is 5.32 Å². The van der Waals surface area contributed by atoms with Crippen molar-refractivity contribution in [3.05, 3.63) is 16.0 Å². The van der Waals surface area contributed by atoms with E-state index in [0.29, 0.717) is 17.0 Å². The Balaban J connectivity index is 2.47. The molecule has 0 saturated carbocycles. The van der Waals surface area contributed by atoms with E-state index in [-0.39, 0.29) is 12.3 Å². The molecule has 2 heterocycles. The van der Waals surface area contributed by atoms with Gasteiger partial charge in [0.2, 0.25) is 5.91 Å². The number of anilines is 1. The van der Waals surface area contributed by atoms with Gasteiger partial charge in [0.25, 0.3) is 5.91 Å². The Kier molecular flexibility index (Phi) is 4.58. The zero-order valence-corrected chi connectivity index (χ0v) is 15.9. The fraction of sp³-hybridized carbons (Fsp3) is 0.647. The van der Waals surface area contributed by atoms with Crippen LogP contribution in [0.1, 0.15) is 68.8 Å². The van der Waals surface area contributed by atoms with Crippen LogP contribution in [0.25, 0.3) is 0 Å². The molecule has 0 fully saturated rings. The van der Waals surface area contributed by atoms with Gasteiger partial charge in [-0.15, -0.1) is 11.3 Å². The maximum absolute atomic E-state index is 12.2. The van der Waals surface area contributed by atoms with Crippen LogP contribution in [0.15, 0.2) is 0 Å². The second kappa shape index (κ2) is 5.82. The number of amides is 2. The number of nitrogens with one attached hydrogen (secondary N) is 1. The molecule has 0 aromatic carbocycles. The molecule has 0 bridgehead atoms. The van der Waals surface area contributed by atoms with Crippen molar-refractivity contribution < 1.29 is 19.4 Å². The largest absolute Gasteiger partial charge is 0.390 e. The van der Waals surface area contributed by atoms with Gasteiger partial charge in [0.15, 0.2) is 0 Å². The summed E-state index contributed by atoms with van der Waals surface area (Å²) in [6.07, 6.45) is 0.473. The molecule has 0 atom stereocenters. The lowest BCUT2D eigenvalue weighted by atomic mass is 9.86. The summed E-state index contributed by atoms with van der Waals surface area (Å²) in [5.74, 6) is -0.929. The zero-order chi connectivity index (χ0) is 18.5. The molecular formula is C17H26N2O4S. The molecule has 1 aromatic rings. The fourth-order valence-corrected chi connectivity index (χ4v) is 4.51. The first-order chi connectivity index (χ1) is 10.7. The third kappa shape index (κ3) is 3.96. The second-order valence-electron chi connectivity index (χ2n) is 8.06. The molecule has 0 spiro atoms. The molecule has 1 aromatic heterocycles. The molecule has 6 nitrogen and oxygen atoms in total. The van der Waals surface area contributed by atoms with Crippen LogP contribution in [0.3, 0.4) is 0 Å². The van der Waals surface area contributed by atoms with Crippen molar-refractivity contribution in [1.82, 2.24) is 0 Å². The second-order valence-corrected chi connectivity index (χ2v) is 9.08. The first kappa shape index (κ1) is 18.9. The van der Waals surface area contributed by atoms with E-state index >= 15 is 0 Å². The van der Waals surface area contributed by atoms with Gasteiger partial charge in [-0.05, 0) is 47.1 Å². The normalized spacial score (nSPS) is 18.8. The van der Waals surface area contributed by atoms with Gasteiger partial charge in [-0.2, -0.15) is 0 Å². The first-order valence-corrected chi connectivity index (χ1v) is 8.72. The van der Waals surface area contributed by atoms with Crippen LogP contribution in [0.5, 0.6) is 0 Å². The van der Waals surface area contributed by atoms with Crippen LogP contribution in [-0.2, 0) is 21.6 Å². The molecule has 2 rings (SSSR count). The van der Waals surface area contributed by atoms with Gasteiger partial charge in [-0.1, -0.05) is 0 Å². The number of carbonyl (C=O) groups excluding carboxylic acids is 2. The maximum Gasteiger partial charge on any atom is 0.251 e. The minimum absolute atomic E-state index is 0.0703. The molecule has 7 heteroatoms. The Bertz CT molecular complexity index is 683. The molecule has 2 amide bonds. The Morgan fingerprint density at radius 2 is 1.92 bits per heavy atom. The number of nitrogens with two attached hydrogens (primary N) is 1. The lowest BCUT2D eigenvalue weighted by molar-refractivity contribution is -0.135. The molecule has 0 aliphatic carbocycles. The number of thiophene rings is 1. The summed E-state index contributed by atoms with van der Waals surface area (Å²) in [4.78, 5) is 25.1. The summed E-state index contributed by atoms with van der Waals surface area (Å²) >= 11 is 1.31. The van der Waals surface area contributed by atoms with Crippen LogP contribution < -0.4 is 11.1 Å². The average molecular weight is 354 g/mol. The average Bonchev–Trinajstić information content (AvgIpc) is 2.62. The highest BCUT2D eigenvalue weighted by atomic mass is 32.1. The van der Waals surface area contributed by atoms with E-state index in [4.69, 9.17) is 10.5 Å². The summed E-state index contributed by atoms with van der Waals surface area (Å²) in [6.45, 7) is 10.9. The number of carbonyl (C=O) groups is 2. The summed E-state index contributed by atoms with van der Waals surface area (Å²) in [5.41, 5.74) is 4.64. The molecule has 24 heavy (non-hydrogen) atoms. The zero-order valence-electron chi connectivity index (χ0n) is 15.1. The number of aliphatic hydroxyl groups is 1. The topological polar surface area (TPSA) is 102 Å². The van der Waals surface area contributed by atoms with Crippen molar-refractivity contribution in [1.29, 1.82) is 0 Å². The Hall–Kier alpha value is -1.44. The number of rotatable bonds is 4. The summed E-state index contributed by atoms with van der Waals surface area (Å²) < 4.78 is 6.13. The molecule has 0 unspecified atom stereocenters. The van der Waals surface area contributed by atoms with Crippen LogP contribution >= 0.6 is 11.3 Å². The van der Waals surface area contributed by atoms with Crippen molar-refractivity contribution in [2.45, 2.75) is 71.2 Å². The van der Waals surface area contributed by atoms with Gasteiger partial charge < -0.3 is 20.9 Å². The molecule has 1 aliphatic heterocycles. The molecular weight excluding hydrogens is 328 g/mol. The van der Waals surface area contributed by atoms with Crippen LogP contribution in [0, 0.1) is 0 Å². The van der Waals surface area contributed by atoms with E-state index in [0.717, 1.165) is 10.4 Å². The monoisotopic (exact) mass is 354 g/mol. The highest BCUT2D eigenvalue weighted by Crippen LogP contribution is 2.48. The van der Waals surface area contributed by atoms with Gasteiger partial charge >= 0.3 is 0 Å². The van der Waals surface area contributed by atoms with E-state index in [1.165, 1.54) is 11.3 Å². The van der Waals surface area contributed by atoms with Gasteiger partial charge in [-0.3, -0.25) is 9.59 Å². The van der Waals surface area contributed by atoms with Crippen LogP contribution in [0.2, 0.25) is 0 Å². The Morgan fingerprint density at radius 1 is 1.33 bits per heavy atom. The lowest BCUT2D eigenvalue weighted by Gasteiger charge is -2.41. The highest BCUT2D eigenvalue weighted by molar-refractivity contribution is 7.17. The molecule has 0 radical (unpaired) electrons. The van der Waals surface area contributed by atoms with Crippen LogP contribution in [-0.4, -0.2) is 28.1 Å². The number of ether oxygens (including phenoxy) is 1. The standard InChI is InChI=1S/C17H26N2O4S/c1-15(2,22)8-10(20)19-14-11(13(18)21)9-7-16(3,4)23-17(5,6)12(9)24-14/h22H,7-8H2,1-6H3,(H2,18,21)(H,19,20). The highest BCUT2D eigenvalue weighted by Gasteiger charge is 2.42.